The van der Waals surface area contributed by atoms with E-state index < -0.39 is 0 Å². The number of hydrogen-bond donors (Lipinski definition) is 1. The van der Waals surface area contributed by atoms with Crippen LogP contribution in [0.25, 0.3) is 11.3 Å². The van der Waals surface area contributed by atoms with Crippen LogP contribution in [0.2, 0.25) is 0 Å². The van der Waals surface area contributed by atoms with Crippen molar-refractivity contribution >= 4 is 24.2 Å². The molecule has 0 unspecified atom stereocenters. The van der Waals surface area contributed by atoms with E-state index in [4.69, 9.17) is 9.15 Å². The number of benzene rings is 1. The Hall–Kier alpha value is -2.03. The lowest BCUT2D eigenvalue weighted by Gasteiger charge is -2.03. The highest BCUT2D eigenvalue weighted by Gasteiger charge is 2.06. The molecule has 0 spiro atoms. The van der Waals surface area contributed by atoms with Crippen LogP contribution < -0.4 is 10.1 Å². The molecule has 0 aliphatic rings. The first kappa shape index (κ1) is 19.3. The molecule has 0 amide bonds. The van der Waals surface area contributed by atoms with Crippen molar-refractivity contribution in [2.45, 2.75) is 11.7 Å². The summed E-state index contributed by atoms with van der Waals surface area (Å²) in [6.45, 7) is 1.52. The molecule has 9 heteroatoms. The molecule has 0 bridgehead atoms. The van der Waals surface area contributed by atoms with E-state index in [0.29, 0.717) is 6.54 Å². The number of nitrogens with zero attached hydrogens (tertiary/aromatic N) is 4. The quantitative estimate of drug-likeness (QED) is 0.474. The SMILES string of the molecule is COc1cccc(-c2ccc(CNCCSc3nnnn3C)o2)c1.Cl. The first-order valence-corrected chi connectivity index (χ1v) is 8.54. The first-order valence-electron chi connectivity index (χ1n) is 7.55. The monoisotopic (exact) mass is 381 g/mol. The number of hydrogen-bond acceptors (Lipinski definition) is 7. The fraction of sp³-hybridized carbons (Fsp3) is 0.312. The van der Waals surface area contributed by atoms with Crippen molar-refractivity contribution in [3.05, 3.63) is 42.2 Å². The average Bonchev–Trinajstić information content (AvgIpc) is 3.24. The number of halogens is 1. The van der Waals surface area contributed by atoms with Gasteiger partial charge in [0, 0.05) is 24.9 Å². The van der Waals surface area contributed by atoms with E-state index in [0.717, 1.165) is 40.3 Å². The van der Waals surface area contributed by atoms with Crippen LogP contribution in [0.4, 0.5) is 0 Å². The van der Waals surface area contributed by atoms with Crippen molar-refractivity contribution in [1.29, 1.82) is 0 Å². The Morgan fingerprint density at radius 3 is 2.92 bits per heavy atom. The number of nitrogens with one attached hydrogen (secondary N) is 1. The number of thioether (sulfide) groups is 1. The Labute approximate surface area is 156 Å². The third kappa shape index (κ3) is 5.22. The second-order valence-corrected chi connectivity index (χ2v) is 6.17. The van der Waals surface area contributed by atoms with Gasteiger partial charge in [-0.2, -0.15) is 0 Å². The summed E-state index contributed by atoms with van der Waals surface area (Å²) in [6.07, 6.45) is 0. The molecule has 1 N–H and O–H groups in total. The van der Waals surface area contributed by atoms with Crippen molar-refractivity contribution in [2.24, 2.45) is 7.05 Å². The third-order valence-electron chi connectivity index (χ3n) is 3.41. The molecule has 2 heterocycles. The molecule has 0 saturated carbocycles. The van der Waals surface area contributed by atoms with Crippen LogP contribution in [-0.2, 0) is 13.6 Å². The maximum atomic E-state index is 5.88. The van der Waals surface area contributed by atoms with Gasteiger partial charge in [0.25, 0.3) is 0 Å². The lowest BCUT2D eigenvalue weighted by Crippen LogP contribution is -2.16. The number of furan rings is 1. The van der Waals surface area contributed by atoms with Crippen LogP contribution in [0.1, 0.15) is 5.76 Å². The smallest absolute Gasteiger partial charge is 0.209 e. The van der Waals surface area contributed by atoms with E-state index >= 15 is 0 Å². The maximum Gasteiger partial charge on any atom is 0.209 e. The van der Waals surface area contributed by atoms with Gasteiger partial charge < -0.3 is 14.5 Å². The van der Waals surface area contributed by atoms with Gasteiger partial charge in [-0.1, -0.05) is 23.9 Å². The molecule has 2 aromatic heterocycles. The lowest BCUT2D eigenvalue weighted by molar-refractivity contribution is 0.414. The van der Waals surface area contributed by atoms with Crippen LogP contribution in [0.5, 0.6) is 5.75 Å². The highest BCUT2D eigenvalue weighted by Crippen LogP contribution is 2.25. The number of aryl methyl sites for hydroxylation is 1. The number of methoxy groups -OCH3 is 1. The van der Waals surface area contributed by atoms with Gasteiger partial charge in [-0.15, -0.1) is 17.5 Å². The molecule has 3 rings (SSSR count). The summed E-state index contributed by atoms with van der Waals surface area (Å²) in [5.41, 5.74) is 1.01. The van der Waals surface area contributed by atoms with E-state index in [2.05, 4.69) is 20.8 Å². The molecular weight excluding hydrogens is 362 g/mol. The second kappa shape index (κ2) is 9.45. The summed E-state index contributed by atoms with van der Waals surface area (Å²) in [7, 11) is 3.49. The molecule has 0 atom stereocenters. The van der Waals surface area contributed by atoms with Crippen LogP contribution in [0.15, 0.2) is 46.0 Å². The summed E-state index contributed by atoms with van der Waals surface area (Å²) >= 11 is 1.61. The number of tetrazole rings is 1. The van der Waals surface area contributed by atoms with Crippen LogP contribution in [0.3, 0.4) is 0 Å². The van der Waals surface area contributed by atoms with Crippen LogP contribution in [-0.4, -0.2) is 39.6 Å². The minimum absolute atomic E-state index is 0. The molecule has 0 fully saturated rings. The van der Waals surface area contributed by atoms with E-state index in [-0.39, 0.29) is 12.4 Å². The van der Waals surface area contributed by atoms with Gasteiger partial charge in [-0.25, -0.2) is 4.68 Å². The highest BCUT2D eigenvalue weighted by molar-refractivity contribution is 7.99. The second-order valence-electron chi connectivity index (χ2n) is 5.11. The van der Waals surface area contributed by atoms with Crippen LogP contribution >= 0.6 is 24.2 Å². The third-order valence-corrected chi connectivity index (χ3v) is 4.42. The molecule has 0 saturated heterocycles. The van der Waals surface area contributed by atoms with E-state index in [1.807, 2.05) is 43.4 Å². The maximum absolute atomic E-state index is 5.88. The Morgan fingerprint density at radius 2 is 2.16 bits per heavy atom. The summed E-state index contributed by atoms with van der Waals surface area (Å²) in [6, 6.07) is 11.8. The Bertz CT molecular complexity index is 792. The molecular formula is C16H20ClN5O2S. The van der Waals surface area contributed by atoms with Crippen molar-refractivity contribution in [1.82, 2.24) is 25.5 Å². The summed E-state index contributed by atoms with van der Waals surface area (Å²) in [5, 5.41) is 15.5. The average molecular weight is 382 g/mol. The van der Waals surface area contributed by atoms with Crippen molar-refractivity contribution in [2.75, 3.05) is 19.4 Å². The largest absolute Gasteiger partial charge is 0.497 e. The number of ether oxygens (including phenoxy) is 1. The van der Waals surface area contributed by atoms with Gasteiger partial charge in [0.05, 0.1) is 13.7 Å². The molecule has 3 aromatic rings. The van der Waals surface area contributed by atoms with E-state index in [1.54, 1.807) is 23.6 Å². The summed E-state index contributed by atoms with van der Waals surface area (Å²) in [5.74, 6) is 3.44. The van der Waals surface area contributed by atoms with Gasteiger partial charge in [0.15, 0.2) is 0 Å². The van der Waals surface area contributed by atoms with Crippen molar-refractivity contribution < 1.29 is 9.15 Å². The van der Waals surface area contributed by atoms with Gasteiger partial charge in [0.2, 0.25) is 5.16 Å². The first-order chi connectivity index (χ1) is 11.8. The van der Waals surface area contributed by atoms with Gasteiger partial charge >= 0.3 is 0 Å². The van der Waals surface area contributed by atoms with Crippen LogP contribution in [0, 0.1) is 0 Å². The minimum atomic E-state index is 0. The van der Waals surface area contributed by atoms with Gasteiger partial charge in [0.1, 0.15) is 17.3 Å². The number of rotatable bonds is 8. The fourth-order valence-corrected chi connectivity index (χ4v) is 2.92. The standard InChI is InChI=1S/C16H19N5O2S.ClH/c1-21-16(18-19-20-21)24-9-8-17-11-14-6-7-15(23-14)12-4-3-5-13(10-12)22-2;/h3-7,10,17H,8-9,11H2,1-2H3;1H. The predicted octanol–water partition coefficient (Wildman–Crippen LogP) is 2.78. The van der Waals surface area contributed by atoms with Crippen molar-refractivity contribution in [3.63, 3.8) is 0 Å². The minimum Gasteiger partial charge on any atom is -0.497 e. The summed E-state index contributed by atoms with van der Waals surface area (Å²) < 4.78 is 12.8. The van der Waals surface area contributed by atoms with Gasteiger partial charge in [-0.05, 0) is 34.7 Å². The van der Waals surface area contributed by atoms with E-state index in [1.165, 1.54) is 0 Å². The predicted molar refractivity (Wildman–Crippen MR) is 99.2 cm³/mol. The zero-order chi connectivity index (χ0) is 16.8. The van der Waals surface area contributed by atoms with Crippen molar-refractivity contribution in [3.8, 4) is 17.1 Å². The number of aromatic nitrogens is 4. The molecule has 7 nitrogen and oxygen atoms in total. The lowest BCUT2D eigenvalue weighted by atomic mass is 10.2. The molecule has 134 valence electrons. The zero-order valence-corrected chi connectivity index (χ0v) is 15.6. The zero-order valence-electron chi connectivity index (χ0n) is 14.0. The normalized spacial score (nSPS) is 10.5. The molecule has 25 heavy (non-hydrogen) atoms. The topological polar surface area (TPSA) is 78.0 Å². The molecule has 0 aliphatic heterocycles. The Kier molecular flexibility index (Phi) is 7.30. The fourth-order valence-electron chi connectivity index (χ4n) is 2.17. The molecule has 0 aliphatic carbocycles. The summed E-state index contributed by atoms with van der Waals surface area (Å²) in [4.78, 5) is 0. The highest BCUT2D eigenvalue weighted by atomic mass is 35.5. The van der Waals surface area contributed by atoms with E-state index in [9.17, 15) is 0 Å². The molecule has 1 aromatic carbocycles. The Balaban J connectivity index is 0.00000225. The van der Waals surface area contributed by atoms with Gasteiger partial charge in [-0.3, -0.25) is 0 Å². The Morgan fingerprint density at radius 1 is 1.28 bits per heavy atom. The molecule has 0 radical (unpaired) electrons.